The number of carbonyl (C=O) groups excluding carboxylic acids is 2. The van der Waals surface area contributed by atoms with Crippen molar-refractivity contribution in [3.8, 4) is 5.75 Å². The number of aliphatic hydroxyl groups is 1. The van der Waals surface area contributed by atoms with E-state index in [0.29, 0.717) is 50.4 Å². The van der Waals surface area contributed by atoms with E-state index in [1.54, 1.807) is 29.3 Å². The van der Waals surface area contributed by atoms with E-state index in [4.69, 9.17) is 4.74 Å². The van der Waals surface area contributed by atoms with Gasteiger partial charge in [0.1, 0.15) is 18.0 Å². The summed E-state index contributed by atoms with van der Waals surface area (Å²) in [4.78, 5) is 32.6. The molecule has 8 heteroatoms. The van der Waals surface area contributed by atoms with E-state index in [1.807, 2.05) is 39.9 Å². The first kappa shape index (κ1) is 21.5. The van der Waals surface area contributed by atoms with Crippen LogP contribution in [0.3, 0.4) is 0 Å². The Kier molecular flexibility index (Phi) is 6.00. The molecule has 2 amide bonds. The normalized spacial score (nSPS) is 20.7. The number of aromatic nitrogens is 2. The lowest BCUT2D eigenvalue weighted by atomic mass is 9.98. The van der Waals surface area contributed by atoms with E-state index in [9.17, 15) is 14.7 Å². The highest BCUT2D eigenvalue weighted by Crippen LogP contribution is 2.24. The molecule has 3 aromatic rings. The molecule has 0 radical (unpaired) electrons. The van der Waals surface area contributed by atoms with Gasteiger partial charge < -0.3 is 24.0 Å². The van der Waals surface area contributed by atoms with Crippen molar-refractivity contribution >= 4 is 17.5 Å². The lowest BCUT2D eigenvalue weighted by Crippen LogP contribution is -2.30. The van der Waals surface area contributed by atoms with E-state index < -0.39 is 6.10 Å². The summed E-state index contributed by atoms with van der Waals surface area (Å²) in [5.74, 6) is 0.654. The Morgan fingerprint density at radius 3 is 2.97 bits per heavy atom. The van der Waals surface area contributed by atoms with Gasteiger partial charge in [-0.1, -0.05) is 12.1 Å². The van der Waals surface area contributed by atoms with Crippen LogP contribution in [0.1, 0.15) is 28.8 Å². The van der Waals surface area contributed by atoms with Crippen molar-refractivity contribution in [3.05, 3.63) is 66.1 Å². The number of β-amino-alcohol motifs (C(OH)–C–C–N with tert-alkyl or cyclic N) is 1. The van der Waals surface area contributed by atoms with Gasteiger partial charge in [-0.25, -0.2) is 4.98 Å². The number of ether oxygens (including phenoxy) is 1. The molecular weight excluding hydrogens is 420 g/mol. The van der Waals surface area contributed by atoms with Gasteiger partial charge in [0, 0.05) is 56.1 Å². The number of aliphatic hydroxyl groups excluding tert-OH is 1. The summed E-state index contributed by atoms with van der Waals surface area (Å²) in [6.45, 7) is 2.56. The maximum Gasteiger partial charge on any atom is 0.254 e. The topological polar surface area (TPSA) is 87.4 Å². The van der Waals surface area contributed by atoms with Crippen LogP contribution in [-0.2, 0) is 11.2 Å². The zero-order valence-electron chi connectivity index (χ0n) is 18.5. The summed E-state index contributed by atoms with van der Waals surface area (Å²) in [5.41, 5.74) is 2.53. The molecule has 1 aromatic carbocycles. The molecule has 0 saturated carbocycles. The fourth-order valence-corrected chi connectivity index (χ4v) is 4.73. The van der Waals surface area contributed by atoms with Gasteiger partial charge in [-0.15, -0.1) is 0 Å². The Hall–Kier alpha value is -3.39. The zero-order valence-corrected chi connectivity index (χ0v) is 18.5. The first-order chi connectivity index (χ1) is 16.1. The Morgan fingerprint density at radius 2 is 2.12 bits per heavy atom. The van der Waals surface area contributed by atoms with Crippen molar-refractivity contribution in [3.63, 3.8) is 0 Å². The van der Waals surface area contributed by atoms with Gasteiger partial charge in [0.15, 0.2) is 0 Å². The number of pyridine rings is 1. The van der Waals surface area contributed by atoms with E-state index >= 15 is 0 Å². The fourth-order valence-electron chi connectivity index (χ4n) is 4.73. The second kappa shape index (κ2) is 9.23. The molecule has 0 unspecified atom stereocenters. The Morgan fingerprint density at radius 1 is 1.21 bits per heavy atom. The van der Waals surface area contributed by atoms with E-state index in [1.165, 1.54) is 0 Å². The second-order valence-electron chi connectivity index (χ2n) is 8.83. The number of likely N-dealkylation sites (tertiary alicyclic amines) is 2. The first-order valence-corrected chi connectivity index (χ1v) is 11.5. The minimum atomic E-state index is -0.565. The van der Waals surface area contributed by atoms with Crippen molar-refractivity contribution in [1.82, 2.24) is 19.2 Å². The summed E-state index contributed by atoms with van der Waals surface area (Å²) in [6, 6.07) is 11.1. The molecule has 0 aliphatic carbocycles. The van der Waals surface area contributed by atoms with Gasteiger partial charge in [0.25, 0.3) is 5.91 Å². The summed E-state index contributed by atoms with van der Waals surface area (Å²) in [5, 5.41) is 10.6. The highest BCUT2D eigenvalue weighted by Gasteiger charge is 2.34. The van der Waals surface area contributed by atoms with Crippen LogP contribution >= 0.6 is 0 Å². The molecule has 2 aromatic heterocycles. The van der Waals surface area contributed by atoms with Crippen molar-refractivity contribution in [2.45, 2.75) is 25.4 Å². The molecule has 1 N–H and O–H groups in total. The molecule has 2 aliphatic heterocycles. The first-order valence-electron chi connectivity index (χ1n) is 11.5. The number of hydrogen-bond donors (Lipinski definition) is 1. The molecule has 2 atom stereocenters. The van der Waals surface area contributed by atoms with Crippen LogP contribution in [0, 0.1) is 5.92 Å². The predicted molar refractivity (Wildman–Crippen MR) is 122 cm³/mol. The Balaban J connectivity index is 1.18. The number of imidazole rings is 1. The molecule has 172 valence electrons. The van der Waals surface area contributed by atoms with Crippen molar-refractivity contribution < 1.29 is 19.4 Å². The van der Waals surface area contributed by atoms with Crippen LogP contribution in [0.25, 0.3) is 5.65 Å². The number of benzene rings is 1. The molecule has 5 rings (SSSR count). The molecule has 33 heavy (non-hydrogen) atoms. The standard InChI is InChI=1S/C25H28N4O4/c30-22-17-29(16-20(22)13-18-6-7-23-26-8-10-28(23)15-18)25(32)19-3-1-4-21(14-19)33-12-11-27-9-2-5-24(27)31/h1,3-4,6-8,10,14-15,20,22,30H,2,5,9,11-13,16-17H2/t20-,22+/m1/s1. The van der Waals surface area contributed by atoms with Gasteiger partial charge in [-0.2, -0.15) is 0 Å². The zero-order chi connectivity index (χ0) is 22.8. The number of hydrogen-bond acceptors (Lipinski definition) is 5. The number of amides is 2. The SMILES string of the molecule is O=C1CCCN1CCOc1cccc(C(=O)N2C[C@@H](Cc3ccc4nccn4c3)[C@@H](O)C2)c1. The van der Waals surface area contributed by atoms with Crippen LogP contribution in [0.5, 0.6) is 5.75 Å². The fraction of sp³-hybridized carbons (Fsp3) is 0.400. The molecule has 0 spiro atoms. The average Bonchev–Trinajstić information content (AvgIpc) is 3.54. The average molecular weight is 449 g/mol. The van der Waals surface area contributed by atoms with Gasteiger partial charge in [0.2, 0.25) is 5.91 Å². The minimum absolute atomic E-state index is 0.0210. The van der Waals surface area contributed by atoms with Gasteiger partial charge in [-0.3, -0.25) is 9.59 Å². The predicted octanol–water partition coefficient (Wildman–Crippen LogP) is 2.01. The summed E-state index contributed by atoms with van der Waals surface area (Å²) >= 11 is 0. The summed E-state index contributed by atoms with van der Waals surface area (Å²) in [7, 11) is 0. The van der Waals surface area contributed by atoms with E-state index in [-0.39, 0.29) is 17.7 Å². The lowest BCUT2D eigenvalue weighted by molar-refractivity contribution is -0.128. The number of carbonyl (C=O) groups is 2. The molecule has 2 saturated heterocycles. The molecular formula is C25H28N4O4. The van der Waals surface area contributed by atoms with Crippen molar-refractivity contribution in [2.24, 2.45) is 5.92 Å². The van der Waals surface area contributed by atoms with Crippen LogP contribution in [0.4, 0.5) is 0 Å². The monoisotopic (exact) mass is 448 g/mol. The summed E-state index contributed by atoms with van der Waals surface area (Å²) < 4.78 is 7.76. The van der Waals surface area contributed by atoms with Gasteiger partial charge in [0.05, 0.1) is 12.6 Å². The molecule has 8 nitrogen and oxygen atoms in total. The van der Waals surface area contributed by atoms with Crippen molar-refractivity contribution in [1.29, 1.82) is 0 Å². The minimum Gasteiger partial charge on any atom is -0.492 e. The lowest BCUT2D eigenvalue weighted by Gasteiger charge is -2.18. The Labute approximate surface area is 192 Å². The van der Waals surface area contributed by atoms with Crippen molar-refractivity contribution in [2.75, 3.05) is 32.8 Å². The quantitative estimate of drug-likeness (QED) is 0.598. The van der Waals surface area contributed by atoms with Crippen LogP contribution < -0.4 is 4.74 Å². The maximum absolute atomic E-state index is 13.1. The highest BCUT2D eigenvalue weighted by molar-refractivity contribution is 5.94. The number of rotatable bonds is 7. The third kappa shape index (κ3) is 4.71. The maximum atomic E-state index is 13.1. The largest absolute Gasteiger partial charge is 0.492 e. The number of nitrogens with zero attached hydrogens (tertiary/aromatic N) is 4. The van der Waals surface area contributed by atoms with Crippen LogP contribution in [-0.4, -0.2) is 75.0 Å². The highest BCUT2D eigenvalue weighted by atomic mass is 16.5. The third-order valence-electron chi connectivity index (χ3n) is 6.52. The number of fused-ring (bicyclic) bond motifs is 1. The molecule has 2 aliphatic rings. The van der Waals surface area contributed by atoms with Crippen LogP contribution in [0.2, 0.25) is 0 Å². The van der Waals surface area contributed by atoms with E-state index in [0.717, 1.165) is 24.2 Å². The Bertz CT molecular complexity index is 1160. The molecule has 2 fully saturated rings. The third-order valence-corrected chi connectivity index (χ3v) is 6.52. The smallest absolute Gasteiger partial charge is 0.254 e. The molecule has 4 heterocycles. The van der Waals surface area contributed by atoms with Crippen LogP contribution in [0.15, 0.2) is 55.0 Å². The van der Waals surface area contributed by atoms with Gasteiger partial charge >= 0.3 is 0 Å². The summed E-state index contributed by atoms with van der Waals surface area (Å²) in [6.07, 6.45) is 7.33. The van der Waals surface area contributed by atoms with Gasteiger partial charge in [-0.05, 0) is 42.7 Å². The molecule has 0 bridgehead atoms. The van der Waals surface area contributed by atoms with E-state index in [2.05, 4.69) is 4.98 Å². The second-order valence-corrected chi connectivity index (χ2v) is 8.83.